The third kappa shape index (κ3) is 5.75. The number of carboxylic acids is 1. The summed E-state index contributed by atoms with van der Waals surface area (Å²) in [5, 5.41) is 11.5. The summed E-state index contributed by atoms with van der Waals surface area (Å²) in [4.78, 5) is 23.8. The molecule has 116 valence electrons. The number of carbonyl (C=O) groups excluding carboxylic acids is 1. The van der Waals surface area contributed by atoms with Crippen molar-refractivity contribution in [3.8, 4) is 0 Å². The normalized spacial score (nSPS) is 11.0. The molecule has 0 radical (unpaired) electrons. The molecule has 0 spiro atoms. The predicted octanol–water partition coefficient (Wildman–Crippen LogP) is 2.84. The van der Waals surface area contributed by atoms with Crippen LogP contribution in [0.15, 0.2) is 28.7 Å². The first kappa shape index (κ1) is 17.5. The van der Waals surface area contributed by atoms with Gasteiger partial charge >= 0.3 is 12.0 Å². The van der Waals surface area contributed by atoms with Gasteiger partial charge in [0.2, 0.25) is 0 Å². The first-order valence-corrected chi connectivity index (χ1v) is 7.48. The molecule has 0 saturated heterocycles. The lowest BCUT2D eigenvalue weighted by molar-refractivity contribution is -0.137. The SMILES string of the molecule is CN(CCC(=O)O)C(=O)NCC(C)(C)c1ccc(Br)cc1. The van der Waals surface area contributed by atoms with Crippen LogP contribution in [0.5, 0.6) is 0 Å². The number of amides is 2. The van der Waals surface area contributed by atoms with Gasteiger partial charge in [0.15, 0.2) is 0 Å². The van der Waals surface area contributed by atoms with E-state index in [9.17, 15) is 9.59 Å². The third-order valence-corrected chi connectivity index (χ3v) is 3.84. The maximum absolute atomic E-state index is 11.9. The van der Waals surface area contributed by atoms with Crippen LogP contribution in [0.25, 0.3) is 0 Å². The highest BCUT2D eigenvalue weighted by Gasteiger charge is 2.22. The van der Waals surface area contributed by atoms with Crippen LogP contribution < -0.4 is 5.32 Å². The molecule has 0 bridgehead atoms. The minimum atomic E-state index is -0.912. The van der Waals surface area contributed by atoms with Gasteiger partial charge in [-0.3, -0.25) is 4.79 Å². The maximum Gasteiger partial charge on any atom is 0.317 e. The Morgan fingerprint density at radius 1 is 1.29 bits per heavy atom. The van der Waals surface area contributed by atoms with Crippen LogP contribution in [0.2, 0.25) is 0 Å². The fourth-order valence-electron chi connectivity index (χ4n) is 1.80. The van der Waals surface area contributed by atoms with Crippen LogP contribution in [0.1, 0.15) is 25.8 Å². The molecular formula is C15H21BrN2O3. The van der Waals surface area contributed by atoms with E-state index in [0.29, 0.717) is 6.54 Å². The number of hydrogen-bond acceptors (Lipinski definition) is 2. The number of nitrogens with one attached hydrogen (secondary N) is 1. The van der Waals surface area contributed by atoms with Crippen LogP contribution in [-0.4, -0.2) is 42.1 Å². The Labute approximate surface area is 133 Å². The molecule has 2 amide bonds. The average Bonchev–Trinajstić information content (AvgIpc) is 2.42. The second kappa shape index (κ2) is 7.45. The van der Waals surface area contributed by atoms with E-state index in [1.165, 1.54) is 4.90 Å². The van der Waals surface area contributed by atoms with Crippen molar-refractivity contribution in [1.29, 1.82) is 0 Å². The highest BCUT2D eigenvalue weighted by atomic mass is 79.9. The molecule has 0 saturated carbocycles. The molecule has 0 aliphatic heterocycles. The number of urea groups is 1. The Bertz CT molecular complexity index is 500. The Hall–Kier alpha value is -1.56. The molecule has 0 unspecified atom stereocenters. The van der Waals surface area contributed by atoms with Crippen molar-refractivity contribution >= 4 is 27.9 Å². The van der Waals surface area contributed by atoms with Gasteiger partial charge in [-0.25, -0.2) is 4.79 Å². The van der Waals surface area contributed by atoms with Crippen molar-refractivity contribution in [2.45, 2.75) is 25.7 Å². The molecule has 0 fully saturated rings. The standard InChI is InChI=1S/C15H21BrN2O3/c1-15(2,11-4-6-12(16)7-5-11)10-17-14(21)18(3)9-8-13(19)20/h4-7H,8-10H2,1-3H3,(H,17,21)(H,19,20). The van der Waals surface area contributed by atoms with Crippen molar-refractivity contribution in [3.63, 3.8) is 0 Å². The Morgan fingerprint density at radius 3 is 2.38 bits per heavy atom. The second-order valence-electron chi connectivity index (χ2n) is 5.61. The number of rotatable bonds is 6. The van der Waals surface area contributed by atoms with E-state index in [1.54, 1.807) is 7.05 Å². The van der Waals surface area contributed by atoms with Gasteiger partial charge in [-0.05, 0) is 17.7 Å². The van der Waals surface area contributed by atoms with E-state index in [1.807, 2.05) is 38.1 Å². The predicted molar refractivity (Wildman–Crippen MR) is 85.4 cm³/mol. The van der Waals surface area contributed by atoms with Gasteiger partial charge in [0, 0.05) is 30.0 Å². The summed E-state index contributed by atoms with van der Waals surface area (Å²) >= 11 is 3.40. The number of nitrogens with zero attached hydrogens (tertiary/aromatic N) is 1. The van der Waals surface area contributed by atoms with E-state index in [2.05, 4.69) is 21.2 Å². The molecule has 0 heterocycles. The molecule has 0 aliphatic rings. The molecule has 21 heavy (non-hydrogen) atoms. The molecule has 2 N–H and O–H groups in total. The van der Waals surface area contributed by atoms with E-state index in [0.717, 1.165) is 10.0 Å². The first-order valence-electron chi connectivity index (χ1n) is 6.69. The van der Waals surface area contributed by atoms with Crippen molar-refractivity contribution < 1.29 is 14.7 Å². The molecule has 0 aliphatic carbocycles. The van der Waals surface area contributed by atoms with E-state index in [-0.39, 0.29) is 24.4 Å². The smallest absolute Gasteiger partial charge is 0.317 e. The largest absolute Gasteiger partial charge is 0.481 e. The van der Waals surface area contributed by atoms with Crippen molar-refractivity contribution in [2.24, 2.45) is 0 Å². The Balaban J connectivity index is 2.54. The monoisotopic (exact) mass is 356 g/mol. The van der Waals surface area contributed by atoms with Crippen molar-refractivity contribution in [1.82, 2.24) is 10.2 Å². The Morgan fingerprint density at radius 2 is 1.86 bits per heavy atom. The lowest BCUT2D eigenvalue weighted by Gasteiger charge is -2.27. The van der Waals surface area contributed by atoms with E-state index < -0.39 is 5.97 Å². The summed E-state index contributed by atoms with van der Waals surface area (Å²) < 4.78 is 1.01. The zero-order valence-corrected chi connectivity index (χ0v) is 14.1. The van der Waals surface area contributed by atoms with Gasteiger partial charge in [-0.1, -0.05) is 41.9 Å². The zero-order chi connectivity index (χ0) is 16.0. The molecule has 6 heteroatoms. The summed E-state index contributed by atoms with van der Waals surface area (Å²) in [6.07, 6.45) is -0.0555. The molecule has 1 aromatic carbocycles. The summed E-state index contributed by atoms with van der Waals surface area (Å²) in [6.45, 7) is 4.77. The van der Waals surface area contributed by atoms with Crippen molar-refractivity contribution in [3.05, 3.63) is 34.3 Å². The molecule has 1 rings (SSSR count). The first-order chi connectivity index (χ1) is 9.72. The van der Waals surface area contributed by atoms with Crippen LogP contribution in [0, 0.1) is 0 Å². The summed E-state index contributed by atoms with van der Waals surface area (Å²) in [7, 11) is 1.59. The number of halogens is 1. The highest BCUT2D eigenvalue weighted by molar-refractivity contribution is 9.10. The average molecular weight is 357 g/mol. The van der Waals surface area contributed by atoms with Crippen LogP contribution in [0.3, 0.4) is 0 Å². The van der Waals surface area contributed by atoms with Crippen molar-refractivity contribution in [2.75, 3.05) is 20.1 Å². The number of benzene rings is 1. The van der Waals surface area contributed by atoms with E-state index >= 15 is 0 Å². The molecule has 1 aromatic rings. The number of carboxylic acid groups (broad SMARTS) is 1. The van der Waals surface area contributed by atoms with Crippen LogP contribution >= 0.6 is 15.9 Å². The fraction of sp³-hybridized carbons (Fsp3) is 0.467. The van der Waals surface area contributed by atoms with Crippen LogP contribution in [0.4, 0.5) is 4.79 Å². The molecule has 5 nitrogen and oxygen atoms in total. The molecule has 0 atom stereocenters. The van der Waals surface area contributed by atoms with Gasteiger partial charge in [-0.2, -0.15) is 0 Å². The topological polar surface area (TPSA) is 69.6 Å². The number of hydrogen-bond donors (Lipinski definition) is 2. The van der Waals surface area contributed by atoms with Gasteiger partial charge in [0.1, 0.15) is 0 Å². The lowest BCUT2D eigenvalue weighted by Crippen LogP contribution is -2.43. The van der Waals surface area contributed by atoms with Gasteiger partial charge in [0.05, 0.1) is 6.42 Å². The maximum atomic E-state index is 11.9. The fourth-order valence-corrected chi connectivity index (χ4v) is 2.06. The number of carbonyl (C=O) groups is 2. The minimum Gasteiger partial charge on any atom is -0.481 e. The molecule has 0 aromatic heterocycles. The zero-order valence-electron chi connectivity index (χ0n) is 12.5. The van der Waals surface area contributed by atoms with Gasteiger partial charge < -0.3 is 15.3 Å². The van der Waals surface area contributed by atoms with Gasteiger partial charge in [-0.15, -0.1) is 0 Å². The lowest BCUT2D eigenvalue weighted by atomic mass is 9.85. The second-order valence-corrected chi connectivity index (χ2v) is 6.53. The minimum absolute atomic E-state index is 0.0555. The summed E-state index contributed by atoms with van der Waals surface area (Å²) in [5.41, 5.74) is 0.920. The highest BCUT2D eigenvalue weighted by Crippen LogP contribution is 2.24. The molecular weight excluding hydrogens is 336 g/mol. The third-order valence-electron chi connectivity index (χ3n) is 3.32. The van der Waals surface area contributed by atoms with Crippen LogP contribution in [-0.2, 0) is 10.2 Å². The summed E-state index contributed by atoms with van der Waals surface area (Å²) in [5.74, 6) is -0.912. The van der Waals surface area contributed by atoms with E-state index in [4.69, 9.17) is 5.11 Å². The number of aliphatic carboxylic acids is 1. The van der Waals surface area contributed by atoms with Gasteiger partial charge in [0.25, 0.3) is 0 Å². The quantitative estimate of drug-likeness (QED) is 0.823. The Kier molecular flexibility index (Phi) is 6.20. The summed E-state index contributed by atoms with van der Waals surface area (Å²) in [6, 6.07) is 7.71.